The molecule has 0 spiro atoms. The Bertz CT molecular complexity index is 671. The molecule has 2 aromatic rings. The van der Waals surface area contributed by atoms with E-state index in [4.69, 9.17) is 10.2 Å². The van der Waals surface area contributed by atoms with E-state index in [0.29, 0.717) is 11.4 Å². The molecule has 3 rings (SSSR count). The number of anilines is 1. The van der Waals surface area contributed by atoms with Gasteiger partial charge in [0.15, 0.2) is 11.5 Å². The molecule has 4 nitrogen and oxygen atoms in total. The summed E-state index contributed by atoms with van der Waals surface area (Å²) in [5, 5.41) is 0.873. The largest absolute Gasteiger partial charge is 0.432 e. The third kappa shape index (κ3) is 1.74. The molecule has 0 aliphatic heterocycles. The summed E-state index contributed by atoms with van der Waals surface area (Å²) in [5.74, 6) is 0.115. The number of hydrogen-bond acceptors (Lipinski definition) is 4. The smallest absolute Gasteiger partial charge is 0.229 e. The van der Waals surface area contributed by atoms with E-state index in [9.17, 15) is 4.79 Å². The van der Waals surface area contributed by atoms with Gasteiger partial charge in [-0.15, -0.1) is 0 Å². The topological polar surface area (TPSA) is 69.1 Å². The van der Waals surface area contributed by atoms with Gasteiger partial charge in [0.2, 0.25) is 5.71 Å². The number of ketones is 1. The van der Waals surface area contributed by atoms with Crippen molar-refractivity contribution >= 4 is 22.6 Å². The molecule has 19 heavy (non-hydrogen) atoms. The van der Waals surface area contributed by atoms with Crippen molar-refractivity contribution in [2.45, 2.75) is 46.0 Å². The summed E-state index contributed by atoms with van der Waals surface area (Å²) < 4.78 is 5.59. The van der Waals surface area contributed by atoms with E-state index in [2.05, 4.69) is 11.9 Å². The van der Waals surface area contributed by atoms with Crippen LogP contribution in [0.1, 0.15) is 54.1 Å². The van der Waals surface area contributed by atoms with E-state index in [1.165, 1.54) is 18.1 Å². The zero-order chi connectivity index (χ0) is 13.6. The Morgan fingerprint density at radius 2 is 2.11 bits per heavy atom. The van der Waals surface area contributed by atoms with Crippen LogP contribution in [0.4, 0.5) is 5.69 Å². The molecular weight excluding hydrogens is 240 g/mol. The van der Waals surface area contributed by atoms with Gasteiger partial charge >= 0.3 is 0 Å². The fourth-order valence-corrected chi connectivity index (χ4v) is 3.04. The number of nitrogens with two attached hydrogens (primary N) is 1. The first-order chi connectivity index (χ1) is 9.13. The summed E-state index contributed by atoms with van der Waals surface area (Å²) in [6.07, 6.45) is 5.21. The number of carbonyl (C=O) groups excluding carboxylic acids is 1. The van der Waals surface area contributed by atoms with Gasteiger partial charge in [-0.2, -0.15) is 0 Å². The van der Waals surface area contributed by atoms with Crippen LogP contribution in [-0.4, -0.2) is 10.8 Å². The molecule has 2 aromatic heterocycles. The highest BCUT2D eigenvalue weighted by Crippen LogP contribution is 2.37. The number of aryl methyl sites for hydroxylation is 2. The molecule has 0 saturated heterocycles. The van der Waals surface area contributed by atoms with Gasteiger partial charge in [0.05, 0.1) is 11.1 Å². The van der Waals surface area contributed by atoms with Crippen LogP contribution in [-0.2, 0) is 19.3 Å². The maximum atomic E-state index is 11.5. The summed E-state index contributed by atoms with van der Waals surface area (Å²) in [5.41, 5.74) is 10.8. The van der Waals surface area contributed by atoms with Gasteiger partial charge in [-0.1, -0.05) is 13.3 Å². The molecule has 0 fully saturated rings. The normalized spacial score (nSPS) is 14.0. The number of fused-ring (bicyclic) bond motifs is 3. The maximum Gasteiger partial charge on any atom is 0.229 e. The standard InChI is InChI=1S/C15H18N2O2/c1-3-5-11-9-6-4-7-10(9)12-13(16)14(8(2)18)19-15(12)17-11/h3-7,16H2,1-2H3. The molecule has 0 aromatic carbocycles. The molecule has 4 heteroatoms. The second kappa shape index (κ2) is 4.37. The van der Waals surface area contributed by atoms with Crippen LogP contribution in [0.5, 0.6) is 0 Å². The summed E-state index contributed by atoms with van der Waals surface area (Å²) in [6.45, 7) is 3.62. The van der Waals surface area contributed by atoms with Gasteiger partial charge in [0, 0.05) is 12.6 Å². The van der Waals surface area contributed by atoms with Crippen LogP contribution in [0, 0.1) is 0 Å². The highest BCUT2D eigenvalue weighted by Gasteiger charge is 2.25. The molecule has 1 aliphatic rings. The highest BCUT2D eigenvalue weighted by atomic mass is 16.4. The zero-order valence-electron chi connectivity index (χ0n) is 11.4. The number of carbonyl (C=O) groups is 1. The molecule has 0 unspecified atom stereocenters. The van der Waals surface area contributed by atoms with Crippen molar-refractivity contribution in [3.63, 3.8) is 0 Å². The molecule has 2 heterocycles. The Morgan fingerprint density at radius 1 is 1.37 bits per heavy atom. The molecule has 0 saturated carbocycles. The van der Waals surface area contributed by atoms with Gasteiger partial charge in [-0.3, -0.25) is 4.79 Å². The van der Waals surface area contributed by atoms with Gasteiger partial charge < -0.3 is 10.2 Å². The van der Waals surface area contributed by atoms with E-state index in [-0.39, 0.29) is 11.5 Å². The minimum absolute atomic E-state index is 0.140. The lowest BCUT2D eigenvalue weighted by Crippen LogP contribution is -1.99. The number of nitrogen functional groups attached to an aromatic ring is 1. The average Bonchev–Trinajstić information content (AvgIpc) is 2.94. The third-order valence-corrected chi connectivity index (χ3v) is 3.84. The van der Waals surface area contributed by atoms with Crippen molar-refractivity contribution in [3.05, 3.63) is 22.6 Å². The van der Waals surface area contributed by atoms with Crippen molar-refractivity contribution in [2.24, 2.45) is 0 Å². The minimum Gasteiger partial charge on any atom is -0.432 e. The first-order valence-electron chi connectivity index (χ1n) is 6.87. The fraction of sp³-hybridized carbons (Fsp3) is 0.467. The summed E-state index contributed by atoms with van der Waals surface area (Å²) in [4.78, 5) is 16.1. The third-order valence-electron chi connectivity index (χ3n) is 3.84. The van der Waals surface area contributed by atoms with Crippen LogP contribution in [0.2, 0.25) is 0 Å². The SMILES string of the molecule is CCCc1nc2oc(C(C)=O)c(N)c2c2c1CCC2. The maximum absolute atomic E-state index is 11.5. The van der Waals surface area contributed by atoms with Crippen LogP contribution >= 0.6 is 0 Å². The van der Waals surface area contributed by atoms with Crippen LogP contribution in [0.25, 0.3) is 11.1 Å². The lowest BCUT2D eigenvalue weighted by atomic mass is 10.0. The Morgan fingerprint density at radius 3 is 2.79 bits per heavy atom. The number of nitrogens with zero attached hydrogens (tertiary/aromatic N) is 1. The second-order valence-corrected chi connectivity index (χ2v) is 5.20. The Hall–Kier alpha value is -1.84. The van der Waals surface area contributed by atoms with Gasteiger partial charge in [0.1, 0.15) is 0 Å². The first kappa shape index (κ1) is 12.2. The molecule has 0 atom stereocenters. The van der Waals surface area contributed by atoms with Crippen molar-refractivity contribution in [2.75, 3.05) is 5.73 Å². The second-order valence-electron chi connectivity index (χ2n) is 5.20. The number of furan rings is 1. The van der Waals surface area contributed by atoms with E-state index in [0.717, 1.165) is 43.2 Å². The lowest BCUT2D eigenvalue weighted by molar-refractivity contribution is 0.0990. The van der Waals surface area contributed by atoms with Crippen molar-refractivity contribution < 1.29 is 9.21 Å². The summed E-state index contributed by atoms with van der Waals surface area (Å²) >= 11 is 0. The molecule has 1 aliphatic carbocycles. The fourth-order valence-electron chi connectivity index (χ4n) is 3.04. The average molecular weight is 258 g/mol. The molecule has 2 N–H and O–H groups in total. The quantitative estimate of drug-likeness (QED) is 0.859. The van der Waals surface area contributed by atoms with Crippen molar-refractivity contribution in [1.82, 2.24) is 4.98 Å². The Balaban J connectivity index is 2.32. The summed E-state index contributed by atoms with van der Waals surface area (Å²) in [6, 6.07) is 0. The molecule has 0 radical (unpaired) electrons. The molecular formula is C15H18N2O2. The molecule has 0 bridgehead atoms. The molecule has 100 valence electrons. The number of rotatable bonds is 3. The highest BCUT2D eigenvalue weighted by molar-refractivity contribution is 6.06. The number of aromatic nitrogens is 1. The lowest BCUT2D eigenvalue weighted by Gasteiger charge is -2.07. The molecule has 0 amide bonds. The zero-order valence-corrected chi connectivity index (χ0v) is 11.4. The van der Waals surface area contributed by atoms with Crippen LogP contribution in [0.15, 0.2) is 4.42 Å². The number of Topliss-reactive ketones (excluding diaryl/α,β-unsaturated/α-hetero) is 1. The monoisotopic (exact) mass is 258 g/mol. The van der Waals surface area contributed by atoms with Gasteiger partial charge in [-0.25, -0.2) is 4.98 Å². The predicted molar refractivity (Wildman–Crippen MR) is 74.4 cm³/mol. The number of hydrogen-bond donors (Lipinski definition) is 1. The van der Waals surface area contributed by atoms with Gasteiger partial charge in [-0.05, 0) is 36.8 Å². The van der Waals surface area contributed by atoms with Crippen LogP contribution in [0.3, 0.4) is 0 Å². The van der Waals surface area contributed by atoms with E-state index in [1.54, 1.807) is 0 Å². The predicted octanol–water partition coefficient (Wildman–Crippen LogP) is 3.05. The van der Waals surface area contributed by atoms with Crippen molar-refractivity contribution in [1.29, 1.82) is 0 Å². The Kier molecular flexibility index (Phi) is 2.81. The van der Waals surface area contributed by atoms with E-state index in [1.807, 2.05) is 0 Å². The first-order valence-corrected chi connectivity index (χ1v) is 6.87. The summed E-state index contributed by atoms with van der Waals surface area (Å²) in [7, 11) is 0. The minimum atomic E-state index is -0.140. The van der Waals surface area contributed by atoms with Crippen LogP contribution < -0.4 is 5.73 Å². The number of pyridine rings is 1. The Labute approximate surface area is 112 Å². The van der Waals surface area contributed by atoms with E-state index >= 15 is 0 Å². The van der Waals surface area contributed by atoms with E-state index < -0.39 is 0 Å². The van der Waals surface area contributed by atoms with Crippen molar-refractivity contribution in [3.8, 4) is 0 Å². The van der Waals surface area contributed by atoms with Gasteiger partial charge in [0.25, 0.3) is 0 Å².